The van der Waals surface area contributed by atoms with Crippen LogP contribution in [0.4, 0.5) is 8.78 Å². The molecule has 0 spiro atoms. The minimum Gasteiger partial charge on any atom is -0.490 e. The number of nitriles is 1. The molecule has 0 bridgehead atoms. The lowest BCUT2D eigenvalue weighted by molar-refractivity contribution is 0.250. The minimum atomic E-state index is -1.18. The van der Waals surface area contributed by atoms with Gasteiger partial charge in [0, 0.05) is 18.0 Å². The van der Waals surface area contributed by atoms with Crippen molar-refractivity contribution >= 4 is 12.4 Å². The van der Waals surface area contributed by atoms with Crippen LogP contribution in [-0.2, 0) is 0 Å². The average Bonchev–Trinajstić information content (AvgIpc) is 2.24. The lowest BCUT2D eigenvalue weighted by Crippen LogP contribution is -2.22. The van der Waals surface area contributed by atoms with E-state index in [4.69, 9.17) is 15.7 Å². The zero-order valence-electron chi connectivity index (χ0n) is 8.17. The maximum atomic E-state index is 13.4. The van der Waals surface area contributed by atoms with Gasteiger partial charge in [-0.2, -0.15) is 9.65 Å². The number of hydrogen-bond acceptors (Lipinski definition) is 3. The van der Waals surface area contributed by atoms with Crippen LogP contribution in [-0.4, -0.2) is 6.61 Å². The lowest BCUT2D eigenvalue weighted by Gasteiger charge is -2.23. The van der Waals surface area contributed by atoms with Gasteiger partial charge in [0.05, 0.1) is 12.2 Å². The van der Waals surface area contributed by atoms with Crippen LogP contribution in [0.5, 0.6) is 5.75 Å². The summed E-state index contributed by atoms with van der Waals surface area (Å²) in [6.45, 7) is 0.260. The maximum absolute atomic E-state index is 13.4. The van der Waals surface area contributed by atoms with E-state index in [9.17, 15) is 8.78 Å². The Labute approximate surface area is 97.2 Å². The molecule has 0 saturated heterocycles. The minimum absolute atomic E-state index is 0. The first-order valence-electron chi connectivity index (χ1n) is 4.45. The van der Waals surface area contributed by atoms with Crippen molar-refractivity contribution in [1.29, 1.82) is 5.26 Å². The van der Waals surface area contributed by atoms with Gasteiger partial charge in [0.2, 0.25) is 5.82 Å². The number of benzene rings is 1. The predicted octanol–water partition coefficient (Wildman–Crippen LogP) is 2.04. The number of ether oxygens (including phenoxy) is 1. The fraction of sp³-hybridized carbons (Fsp3) is 0.300. The van der Waals surface area contributed by atoms with E-state index in [0.717, 1.165) is 0 Å². The molecule has 2 rings (SSSR count). The zero-order chi connectivity index (χ0) is 11.0. The molecule has 1 heterocycles. The summed E-state index contributed by atoms with van der Waals surface area (Å²) in [7, 11) is 0. The van der Waals surface area contributed by atoms with E-state index in [1.807, 2.05) is 0 Å². The van der Waals surface area contributed by atoms with E-state index in [1.54, 1.807) is 6.07 Å². The predicted molar refractivity (Wildman–Crippen MR) is 55.4 cm³/mol. The molecule has 1 aliphatic heterocycles. The smallest absolute Gasteiger partial charge is 0.202 e. The molecule has 0 aliphatic carbocycles. The van der Waals surface area contributed by atoms with Crippen molar-refractivity contribution in [2.45, 2.75) is 12.5 Å². The van der Waals surface area contributed by atoms with Gasteiger partial charge in [-0.25, -0.2) is 4.39 Å². The van der Waals surface area contributed by atoms with Crippen LogP contribution in [0.3, 0.4) is 0 Å². The average molecular weight is 247 g/mol. The van der Waals surface area contributed by atoms with Crippen molar-refractivity contribution < 1.29 is 13.5 Å². The molecule has 86 valence electrons. The summed E-state index contributed by atoms with van der Waals surface area (Å²) in [5, 5.41) is 8.59. The second kappa shape index (κ2) is 4.64. The highest BCUT2D eigenvalue weighted by Gasteiger charge is 2.26. The third kappa shape index (κ3) is 1.82. The summed E-state index contributed by atoms with van der Waals surface area (Å²) in [6, 6.07) is 2.42. The van der Waals surface area contributed by atoms with Crippen LogP contribution in [0, 0.1) is 23.0 Å². The van der Waals surface area contributed by atoms with E-state index in [0.29, 0.717) is 12.0 Å². The molecule has 6 heteroatoms. The first kappa shape index (κ1) is 12.7. The van der Waals surface area contributed by atoms with E-state index < -0.39 is 17.7 Å². The third-order valence-electron chi connectivity index (χ3n) is 2.39. The number of hydrogen-bond donors (Lipinski definition) is 1. The van der Waals surface area contributed by atoms with Crippen LogP contribution in [0.25, 0.3) is 0 Å². The van der Waals surface area contributed by atoms with Crippen LogP contribution in [0.2, 0.25) is 0 Å². The Morgan fingerprint density at radius 2 is 2.12 bits per heavy atom. The number of nitrogens with zero attached hydrogens (tertiary/aromatic N) is 1. The molecule has 1 atom stereocenters. The van der Waals surface area contributed by atoms with Crippen LogP contribution < -0.4 is 10.5 Å². The SMILES string of the molecule is Cl.N#Cc1cc2c(c(F)c1F)OCC[C@@H]2N. The topological polar surface area (TPSA) is 59.0 Å². The van der Waals surface area contributed by atoms with Crippen molar-refractivity contribution in [1.82, 2.24) is 0 Å². The highest BCUT2D eigenvalue weighted by molar-refractivity contribution is 5.85. The summed E-state index contributed by atoms with van der Waals surface area (Å²) >= 11 is 0. The molecule has 3 nitrogen and oxygen atoms in total. The Kier molecular flexibility index (Phi) is 3.68. The first-order chi connectivity index (χ1) is 7.15. The van der Waals surface area contributed by atoms with Crippen molar-refractivity contribution in [2.75, 3.05) is 6.61 Å². The van der Waals surface area contributed by atoms with Crippen LogP contribution >= 0.6 is 12.4 Å². The van der Waals surface area contributed by atoms with Crippen molar-refractivity contribution in [3.05, 3.63) is 28.8 Å². The van der Waals surface area contributed by atoms with Crippen LogP contribution in [0.15, 0.2) is 6.07 Å². The van der Waals surface area contributed by atoms with Gasteiger partial charge in [-0.05, 0) is 6.07 Å². The van der Waals surface area contributed by atoms with Gasteiger partial charge in [-0.15, -0.1) is 12.4 Å². The standard InChI is InChI=1S/C10H8F2N2O.ClH/c11-8-5(4-13)3-6-7(14)1-2-15-10(6)9(8)12;/h3,7H,1-2,14H2;1H/t7-;/m0./s1. The monoisotopic (exact) mass is 246 g/mol. The van der Waals surface area contributed by atoms with Crippen molar-refractivity contribution in [2.24, 2.45) is 5.73 Å². The van der Waals surface area contributed by atoms with Gasteiger partial charge in [-0.3, -0.25) is 0 Å². The highest BCUT2D eigenvalue weighted by atomic mass is 35.5. The second-order valence-electron chi connectivity index (χ2n) is 3.33. The molecular weight excluding hydrogens is 238 g/mol. The van der Waals surface area contributed by atoms with Gasteiger partial charge in [0.15, 0.2) is 11.6 Å². The molecule has 0 amide bonds. The quantitative estimate of drug-likeness (QED) is 0.762. The van der Waals surface area contributed by atoms with Crippen molar-refractivity contribution in [3.8, 4) is 11.8 Å². The normalized spacial score (nSPS) is 17.8. The molecule has 0 saturated carbocycles. The van der Waals surface area contributed by atoms with Crippen LogP contribution in [0.1, 0.15) is 23.6 Å². The molecule has 0 radical (unpaired) electrons. The van der Waals surface area contributed by atoms with Gasteiger partial charge >= 0.3 is 0 Å². The summed E-state index contributed by atoms with van der Waals surface area (Å²) in [6.07, 6.45) is 0.531. The second-order valence-corrected chi connectivity index (χ2v) is 3.33. The summed E-state index contributed by atoms with van der Waals surface area (Å²) < 4.78 is 31.6. The molecule has 1 aliphatic rings. The highest BCUT2D eigenvalue weighted by Crippen LogP contribution is 2.35. The maximum Gasteiger partial charge on any atom is 0.202 e. The first-order valence-corrected chi connectivity index (χ1v) is 4.45. The summed E-state index contributed by atoms with van der Waals surface area (Å²) in [4.78, 5) is 0. The molecule has 16 heavy (non-hydrogen) atoms. The number of halogens is 3. The molecule has 1 aromatic carbocycles. The van der Waals surface area contributed by atoms with E-state index in [1.165, 1.54) is 6.07 Å². The zero-order valence-corrected chi connectivity index (χ0v) is 8.98. The molecule has 0 fully saturated rings. The van der Waals surface area contributed by atoms with Gasteiger partial charge < -0.3 is 10.5 Å². The third-order valence-corrected chi connectivity index (χ3v) is 2.39. The Morgan fingerprint density at radius 3 is 2.75 bits per heavy atom. The molecule has 0 aromatic heterocycles. The Morgan fingerprint density at radius 1 is 1.44 bits per heavy atom. The van der Waals surface area contributed by atoms with E-state index >= 15 is 0 Å². The van der Waals surface area contributed by atoms with Gasteiger partial charge in [-0.1, -0.05) is 0 Å². The Balaban J connectivity index is 0.00000128. The Hall–Kier alpha value is -1.38. The molecule has 0 unspecified atom stereocenters. The number of fused-ring (bicyclic) bond motifs is 1. The van der Waals surface area contributed by atoms with Gasteiger partial charge in [0.25, 0.3) is 0 Å². The fourth-order valence-corrected chi connectivity index (χ4v) is 1.58. The molecule has 2 N–H and O–H groups in total. The molecule has 1 aromatic rings. The lowest BCUT2D eigenvalue weighted by atomic mass is 9.98. The van der Waals surface area contributed by atoms with Gasteiger partial charge in [0.1, 0.15) is 6.07 Å². The largest absolute Gasteiger partial charge is 0.490 e. The fourth-order valence-electron chi connectivity index (χ4n) is 1.58. The number of rotatable bonds is 0. The van der Waals surface area contributed by atoms with E-state index in [-0.39, 0.29) is 30.3 Å². The number of nitrogens with two attached hydrogens (primary N) is 1. The van der Waals surface area contributed by atoms with Crippen molar-refractivity contribution in [3.63, 3.8) is 0 Å². The van der Waals surface area contributed by atoms with E-state index in [2.05, 4.69) is 0 Å². The molecular formula is C10H9ClF2N2O. The summed E-state index contributed by atoms with van der Waals surface area (Å²) in [5.74, 6) is -2.46. The Bertz CT molecular complexity index is 459. The summed E-state index contributed by atoms with van der Waals surface area (Å²) in [5.41, 5.74) is 5.73.